The van der Waals surface area contributed by atoms with Crippen LogP contribution in [0.4, 0.5) is 0 Å². The Morgan fingerprint density at radius 1 is 0.931 bits per heavy atom. The van der Waals surface area contributed by atoms with Gasteiger partial charge in [-0.05, 0) is 31.2 Å². The minimum Gasteiger partial charge on any atom is -0.349 e. The van der Waals surface area contributed by atoms with E-state index < -0.39 is 11.3 Å². The first-order chi connectivity index (χ1) is 14.1. The van der Waals surface area contributed by atoms with Crippen LogP contribution in [-0.4, -0.2) is 34.4 Å². The molecule has 0 spiro atoms. The van der Waals surface area contributed by atoms with Gasteiger partial charge in [0.2, 0.25) is 5.43 Å². The van der Waals surface area contributed by atoms with Crippen molar-refractivity contribution in [2.75, 3.05) is 13.1 Å². The molecule has 1 aliphatic heterocycles. The van der Waals surface area contributed by atoms with E-state index in [0.717, 1.165) is 44.1 Å². The van der Waals surface area contributed by atoms with E-state index in [0.29, 0.717) is 19.6 Å². The van der Waals surface area contributed by atoms with E-state index in [1.165, 1.54) is 0 Å². The number of rotatable bonds is 5. The van der Waals surface area contributed by atoms with E-state index in [1.807, 2.05) is 34.9 Å². The predicted octanol–water partition coefficient (Wildman–Crippen LogP) is 3.13. The minimum absolute atomic E-state index is 0.0495. The summed E-state index contributed by atoms with van der Waals surface area (Å²) in [7, 11) is 0. The molecule has 0 unspecified atom stereocenters. The van der Waals surface area contributed by atoms with E-state index in [1.54, 1.807) is 17.3 Å². The molecule has 1 aromatic carbocycles. The van der Waals surface area contributed by atoms with Gasteiger partial charge in [0.05, 0.1) is 0 Å². The first kappa shape index (κ1) is 19.4. The fraction of sp³-hybridized carbons (Fsp3) is 0.435. The molecule has 2 aromatic rings. The van der Waals surface area contributed by atoms with Crippen LogP contribution >= 0.6 is 0 Å². The summed E-state index contributed by atoms with van der Waals surface area (Å²) in [6.07, 6.45) is 9.41. The number of pyridine rings is 1. The first-order valence-corrected chi connectivity index (χ1v) is 10.5. The molecule has 2 heterocycles. The van der Waals surface area contributed by atoms with Crippen molar-refractivity contribution in [1.29, 1.82) is 0 Å². The summed E-state index contributed by atoms with van der Waals surface area (Å²) in [5.41, 5.74) is 0.654. The van der Waals surface area contributed by atoms with Crippen molar-refractivity contribution in [1.82, 2.24) is 14.8 Å². The molecule has 1 N–H and O–H groups in total. The van der Waals surface area contributed by atoms with Gasteiger partial charge >= 0.3 is 0 Å². The van der Waals surface area contributed by atoms with Crippen molar-refractivity contribution in [3.8, 4) is 0 Å². The highest BCUT2D eigenvalue weighted by Crippen LogP contribution is 2.34. The molecular weight excluding hydrogens is 366 g/mol. The molecular formula is C23H27N3O3. The molecule has 2 amide bonds. The van der Waals surface area contributed by atoms with Crippen LogP contribution < -0.4 is 10.7 Å². The Kier molecular flexibility index (Phi) is 5.79. The van der Waals surface area contributed by atoms with Gasteiger partial charge in [-0.1, -0.05) is 43.2 Å². The van der Waals surface area contributed by atoms with Crippen molar-refractivity contribution in [2.24, 2.45) is 0 Å². The normalized spacial score (nSPS) is 16.9. The monoisotopic (exact) mass is 393 g/mol. The van der Waals surface area contributed by atoms with Gasteiger partial charge in [-0.15, -0.1) is 0 Å². The standard InChI is InChI=1S/C23H27N3O3/c27-21-19(22(28)24-14-17-8-4-3-5-9-17)15-26(18-10-11-18)16-20(21)23(29)25-12-6-1-2-7-13-25/h3-5,8-9,15-16,18H,1-2,6-7,10-14H2,(H,24,28). The number of benzene rings is 1. The van der Waals surface area contributed by atoms with Crippen LogP contribution in [0.15, 0.2) is 47.5 Å². The lowest BCUT2D eigenvalue weighted by Crippen LogP contribution is -2.38. The molecule has 0 atom stereocenters. The third-order valence-electron chi connectivity index (χ3n) is 5.68. The largest absolute Gasteiger partial charge is 0.349 e. The summed E-state index contributed by atoms with van der Waals surface area (Å²) in [6, 6.07) is 9.83. The fourth-order valence-electron chi connectivity index (χ4n) is 3.81. The maximum absolute atomic E-state index is 13.1. The number of aromatic nitrogens is 1. The van der Waals surface area contributed by atoms with Crippen LogP contribution in [0.5, 0.6) is 0 Å². The Morgan fingerprint density at radius 2 is 1.59 bits per heavy atom. The van der Waals surface area contributed by atoms with Crippen molar-refractivity contribution in [3.63, 3.8) is 0 Å². The van der Waals surface area contributed by atoms with Crippen molar-refractivity contribution in [2.45, 2.75) is 51.1 Å². The molecule has 2 fully saturated rings. The number of likely N-dealkylation sites (tertiary alicyclic amines) is 1. The maximum atomic E-state index is 13.1. The van der Waals surface area contributed by atoms with Gasteiger partial charge < -0.3 is 14.8 Å². The molecule has 2 aliphatic rings. The summed E-state index contributed by atoms with van der Waals surface area (Å²) in [6.45, 7) is 1.69. The van der Waals surface area contributed by atoms with E-state index >= 15 is 0 Å². The molecule has 152 valence electrons. The lowest BCUT2D eigenvalue weighted by Gasteiger charge is -2.21. The van der Waals surface area contributed by atoms with Gasteiger partial charge in [0.1, 0.15) is 11.1 Å². The highest BCUT2D eigenvalue weighted by Gasteiger charge is 2.28. The molecule has 29 heavy (non-hydrogen) atoms. The van der Waals surface area contributed by atoms with Gasteiger partial charge in [-0.3, -0.25) is 14.4 Å². The Morgan fingerprint density at radius 3 is 2.24 bits per heavy atom. The number of hydrogen-bond donors (Lipinski definition) is 1. The topological polar surface area (TPSA) is 71.4 Å². The van der Waals surface area contributed by atoms with Crippen molar-refractivity contribution < 1.29 is 9.59 Å². The summed E-state index contributed by atoms with van der Waals surface area (Å²) in [4.78, 5) is 40.7. The Balaban J connectivity index is 1.60. The Labute approximate surface area is 170 Å². The average Bonchev–Trinajstić information content (AvgIpc) is 3.59. The van der Waals surface area contributed by atoms with E-state index in [-0.39, 0.29) is 23.1 Å². The average molecular weight is 393 g/mol. The van der Waals surface area contributed by atoms with Crippen LogP contribution in [-0.2, 0) is 6.54 Å². The molecule has 1 saturated carbocycles. The van der Waals surface area contributed by atoms with Gasteiger partial charge in [-0.25, -0.2) is 0 Å². The highest BCUT2D eigenvalue weighted by atomic mass is 16.2. The Hall–Kier alpha value is -2.89. The predicted molar refractivity (Wildman–Crippen MR) is 111 cm³/mol. The first-order valence-electron chi connectivity index (χ1n) is 10.5. The van der Waals surface area contributed by atoms with Gasteiger partial charge in [0.15, 0.2) is 0 Å². The quantitative estimate of drug-likeness (QED) is 0.848. The minimum atomic E-state index is -0.471. The van der Waals surface area contributed by atoms with E-state index in [4.69, 9.17) is 0 Å². The fourth-order valence-corrected chi connectivity index (χ4v) is 3.81. The summed E-state index contributed by atoms with van der Waals surface area (Å²) in [5, 5.41) is 2.82. The zero-order valence-electron chi connectivity index (χ0n) is 16.6. The van der Waals surface area contributed by atoms with Crippen LogP contribution in [0.2, 0.25) is 0 Å². The third kappa shape index (κ3) is 4.58. The second-order valence-corrected chi connectivity index (χ2v) is 7.97. The lowest BCUT2D eigenvalue weighted by molar-refractivity contribution is 0.0759. The molecule has 6 heteroatoms. The number of carbonyl (C=O) groups is 2. The second kappa shape index (κ2) is 8.64. The Bertz CT molecular complexity index is 940. The summed E-state index contributed by atoms with van der Waals surface area (Å²) in [5.74, 6) is -0.678. The molecule has 1 saturated heterocycles. The van der Waals surface area contributed by atoms with Gasteiger partial charge in [-0.2, -0.15) is 0 Å². The molecule has 0 bridgehead atoms. The molecule has 1 aromatic heterocycles. The lowest BCUT2D eigenvalue weighted by atomic mass is 10.1. The molecule has 0 radical (unpaired) electrons. The maximum Gasteiger partial charge on any atom is 0.259 e. The van der Waals surface area contributed by atoms with Gasteiger partial charge in [0, 0.05) is 38.1 Å². The number of nitrogens with zero attached hydrogens (tertiary/aromatic N) is 2. The second-order valence-electron chi connectivity index (χ2n) is 7.97. The smallest absolute Gasteiger partial charge is 0.259 e. The van der Waals surface area contributed by atoms with Gasteiger partial charge in [0.25, 0.3) is 11.8 Å². The molecule has 6 nitrogen and oxygen atoms in total. The third-order valence-corrected chi connectivity index (χ3v) is 5.68. The highest BCUT2D eigenvalue weighted by molar-refractivity contribution is 5.99. The SMILES string of the molecule is O=C(NCc1ccccc1)c1cn(C2CC2)cc(C(=O)N2CCCCCC2)c1=O. The van der Waals surface area contributed by atoms with Crippen LogP contribution in [0.25, 0.3) is 0 Å². The number of amides is 2. The zero-order chi connectivity index (χ0) is 20.2. The van der Waals surface area contributed by atoms with E-state index in [2.05, 4.69) is 5.32 Å². The number of nitrogens with one attached hydrogen (secondary N) is 1. The number of carbonyl (C=O) groups excluding carboxylic acids is 2. The molecule has 4 rings (SSSR count). The summed E-state index contributed by atoms with van der Waals surface area (Å²) < 4.78 is 1.88. The van der Waals surface area contributed by atoms with Crippen LogP contribution in [0.3, 0.4) is 0 Å². The van der Waals surface area contributed by atoms with Crippen molar-refractivity contribution >= 4 is 11.8 Å². The molecule has 1 aliphatic carbocycles. The van der Waals surface area contributed by atoms with E-state index in [9.17, 15) is 14.4 Å². The van der Waals surface area contributed by atoms with Crippen LogP contribution in [0.1, 0.15) is 70.8 Å². The van der Waals surface area contributed by atoms with Crippen LogP contribution in [0, 0.1) is 0 Å². The van der Waals surface area contributed by atoms with Crippen molar-refractivity contribution in [3.05, 3.63) is 69.6 Å². The number of hydrogen-bond acceptors (Lipinski definition) is 3. The zero-order valence-corrected chi connectivity index (χ0v) is 16.6. The summed E-state index contributed by atoms with van der Waals surface area (Å²) >= 11 is 0.